The average molecular weight is 513 g/mol. The van der Waals surface area contributed by atoms with Crippen molar-refractivity contribution in [3.8, 4) is 34.0 Å². The van der Waals surface area contributed by atoms with Gasteiger partial charge in [-0.25, -0.2) is 4.98 Å². The van der Waals surface area contributed by atoms with Gasteiger partial charge in [0.2, 0.25) is 5.88 Å². The molecule has 0 fully saturated rings. The van der Waals surface area contributed by atoms with Gasteiger partial charge < -0.3 is 14.8 Å². The molecule has 0 saturated heterocycles. The fourth-order valence-electron chi connectivity index (χ4n) is 4.56. The number of azo groups is 1. The van der Waals surface area contributed by atoms with Crippen molar-refractivity contribution in [2.24, 2.45) is 10.2 Å². The van der Waals surface area contributed by atoms with Gasteiger partial charge in [-0.1, -0.05) is 60.2 Å². The van der Waals surface area contributed by atoms with E-state index in [2.05, 4.69) is 52.5 Å². The van der Waals surface area contributed by atoms with Gasteiger partial charge in [-0.2, -0.15) is 0 Å². The molecule has 0 aliphatic carbocycles. The van der Waals surface area contributed by atoms with E-state index in [1.807, 2.05) is 48.5 Å². The Morgan fingerprint density at radius 1 is 0.872 bits per heavy atom. The molecule has 0 unspecified atom stereocenters. The number of carbonyl (C=O) groups excluding carboxylic acids is 1. The normalized spacial score (nSPS) is 11.4. The van der Waals surface area contributed by atoms with E-state index in [0.29, 0.717) is 16.7 Å². The number of aromatic amines is 1. The lowest BCUT2D eigenvalue weighted by molar-refractivity contribution is -0.120. The van der Waals surface area contributed by atoms with Crippen LogP contribution in [0.4, 0.5) is 5.69 Å². The monoisotopic (exact) mass is 512 g/mol. The Labute approximate surface area is 224 Å². The minimum absolute atomic E-state index is 0.142. The van der Waals surface area contributed by atoms with Crippen molar-refractivity contribution in [2.75, 3.05) is 6.61 Å². The van der Waals surface area contributed by atoms with Crippen LogP contribution in [0.1, 0.15) is 5.56 Å². The summed E-state index contributed by atoms with van der Waals surface area (Å²) in [4.78, 5) is 20.0. The molecule has 2 heterocycles. The molecule has 1 amide bonds. The van der Waals surface area contributed by atoms with Crippen LogP contribution in [0.15, 0.2) is 113 Å². The molecule has 6 aromatic rings. The number of pyridine rings is 1. The highest BCUT2D eigenvalue weighted by molar-refractivity contribution is 5.97. The molecular weight excluding hydrogens is 488 g/mol. The molecular formula is C32H24N4O3. The van der Waals surface area contributed by atoms with Gasteiger partial charge in [0.05, 0.1) is 16.7 Å². The number of nitrogens with one attached hydrogen (secondary N) is 1. The third kappa shape index (κ3) is 4.98. The number of hydrogen-bond donors (Lipinski definition) is 2. The van der Waals surface area contributed by atoms with Gasteiger partial charge >= 0.3 is 5.91 Å². The number of aromatic nitrogens is 2. The number of para-hydroxylation sites is 1. The fourth-order valence-corrected chi connectivity index (χ4v) is 4.56. The zero-order valence-corrected chi connectivity index (χ0v) is 21.1. The Kier molecular flexibility index (Phi) is 6.31. The Hall–Kier alpha value is -5.30. The summed E-state index contributed by atoms with van der Waals surface area (Å²) in [7, 11) is 0. The molecule has 4 aromatic carbocycles. The summed E-state index contributed by atoms with van der Waals surface area (Å²) in [6, 6.07) is 33.4. The predicted octanol–water partition coefficient (Wildman–Crippen LogP) is 7.75. The van der Waals surface area contributed by atoms with Crippen molar-refractivity contribution in [3.05, 3.63) is 109 Å². The second-order valence-electron chi connectivity index (χ2n) is 9.22. The van der Waals surface area contributed by atoms with Crippen LogP contribution < -0.4 is 4.74 Å². The van der Waals surface area contributed by atoms with Crippen LogP contribution in [0.2, 0.25) is 0 Å². The molecule has 2 N–H and O–H groups in total. The van der Waals surface area contributed by atoms with Crippen LogP contribution in [0.3, 0.4) is 0 Å². The number of aryl methyl sites for hydroxylation is 1. The third-order valence-electron chi connectivity index (χ3n) is 6.48. The van der Waals surface area contributed by atoms with Crippen LogP contribution in [0.5, 0.6) is 11.6 Å². The molecule has 0 saturated carbocycles. The molecule has 6 rings (SSSR count). The highest BCUT2D eigenvalue weighted by atomic mass is 16.5. The lowest BCUT2D eigenvalue weighted by Crippen LogP contribution is -2.07. The van der Waals surface area contributed by atoms with E-state index in [0.717, 1.165) is 33.3 Å². The lowest BCUT2D eigenvalue weighted by atomic mass is 9.97. The van der Waals surface area contributed by atoms with Crippen molar-refractivity contribution in [1.29, 1.82) is 0 Å². The minimum atomic E-state index is -0.567. The number of aromatic hydroxyl groups is 1. The summed E-state index contributed by atoms with van der Waals surface area (Å²) in [5.41, 5.74) is 7.07. The largest absolute Gasteiger partial charge is 0.493 e. The number of ether oxygens (including phenoxy) is 1. The second kappa shape index (κ2) is 10.2. The first kappa shape index (κ1) is 24.1. The van der Waals surface area contributed by atoms with Gasteiger partial charge in [-0.3, -0.25) is 4.79 Å². The second-order valence-corrected chi connectivity index (χ2v) is 9.22. The summed E-state index contributed by atoms with van der Waals surface area (Å²) in [6.07, 6.45) is 0. The number of fused-ring (bicyclic) bond motifs is 2. The van der Waals surface area contributed by atoms with Gasteiger partial charge in [-0.05, 0) is 66.6 Å². The van der Waals surface area contributed by atoms with Crippen molar-refractivity contribution in [1.82, 2.24) is 9.97 Å². The number of nitrogens with zero attached hydrogens (tertiary/aromatic N) is 3. The van der Waals surface area contributed by atoms with Gasteiger partial charge in [0.1, 0.15) is 5.75 Å². The van der Waals surface area contributed by atoms with Crippen molar-refractivity contribution < 1.29 is 14.6 Å². The molecule has 0 aliphatic rings. The van der Waals surface area contributed by atoms with E-state index >= 15 is 0 Å². The lowest BCUT2D eigenvalue weighted by Gasteiger charge is -2.12. The smallest absolute Gasteiger partial charge is 0.302 e. The number of hydrogen-bond acceptors (Lipinski definition) is 5. The molecule has 0 spiro atoms. The van der Waals surface area contributed by atoms with E-state index in [4.69, 9.17) is 9.72 Å². The maximum Gasteiger partial charge on any atom is 0.302 e. The van der Waals surface area contributed by atoms with Crippen LogP contribution >= 0.6 is 0 Å². The quantitative estimate of drug-likeness (QED) is 0.223. The number of benzene rings is 4. The summed E-state index contributed by atoms with van der Waals surface area (Å²) in [6.45, 7) is 1.80. The first-order valence-electron chi connectivity index (χ1n) is 12.5. The number of H-pyrrole nitrogens is 1. The Morgan fingerprint density at radius 2 is 1.64 bits per heavy atom. The molecule has 39 heavy (non-hydrogen) atoms. The van der Waals surface area contributed by atoms with Crippen LogP contribution in [0, 0.1) is 6.92 Å². The number of amides is 1. The zero-order valence-electron chi connectivity index (χ0n) is 21.1. The molecule has 7 nitrogen and oxygen atoms in total. The molecule has 0 bridgehead atoms. The first-order chi connectivity index (χ1) is 19.0. The highest BCUT2D eigenvalue weighted by Gasteiger charge is 2.12. The molecule has 0 aliphatic heterocycles. The highest BCUT2D eigenvalue weighted by Crippen LogP contribution is 2.35. The van der Waals surface area contributed by atoms with E-state index in [1.165, 1.54) is 5.56 Å². The van der Waals surface area contributed by atoms with Crippen LogP contribution in [-0.4, -0.2) is 27.6 Å². The molecule has 190 valence electrons. The first-order valence-corrected chi connectivity index (χ1v) is 12.5. The van der Waals surface area contributed by atoms with Crippen molar-refractivity contribution >= 4 is 33.4 Å². The van der Waals surface area contributed by atoms with E-state index in [9.17, 15) is 9.90 Å². The van der Waals surface area contributed by atoms with Crippen molar-refractivity contribution in [3.63, 3.8) is 0 Å². The minimum Gasteiger partial charge on any atom is -0.493 e. The fraction of sp³-hybridized carbons (Fsp3) is 0.0625. The van der Waals surface area contributed by atoms with Gasteiger partial charge in [0, 0.05) is 16.3 Å². The summed E-state index contributed by atoms with van der Waals surface area (Å²) in [5.74, 6) is -0.184. The van der Waals surface area contributed by atoms with Gasteiger partial charge in [0.25, 0.3) is 0 Å². The SMILES string of the molecule is Cc1ccc2nc(-c3ccc(OCC(=O)N=Nc4c(O)[nH]c5ccccc45)cc3)cc(-c3ccccc3)c2c1. The standard InChI is InChI=1S/C32H24N4O3/c1-20-11-16-28-26(17-20)25(21-7-3-2-4-8-21)18-29(33-28)22-12-14-23(15-13-22)39-19-30(37)35-36-31-24-9-5-6-10-27(24)34-32(31)38/h2-18,34,38H,19H2,1H3. The van der Waals surface area contributed by atoms with Gasteiger partial charge in [0.15, 0.2) is 12.3 Å². The third-order valence-corrected chi connectivity index (χ3v) is 6.48. The summed E-state index contributed by atoms with van der Waals surface area (Å²) >= 11 is 0. The van der Waals surface area contributed by atoms with Crippen LogP contribution in [-0.2, 0) is 4.79 Å². The average Bonchev–Trinajstić information content (AvgIpc) is 3.29. The van der Waals surface area contributed by atoms with E-state index < -0.39 is 5.91 Å². The topological polar surface area (TPSA) is 99.9 Å². The van der Waals surface area contributed by atoms with E-state index in [1.54, 1.807) is 24.3 Å². The Balaban J connectivity index is 1.19. The zero-order chi connectivity index (χ0) is 26.8. The maximum absolute atomic E-state index is 12.3. The molecule has 2 aromatic heterocycles. The molecule has 0 radical (unpaired) electrons. The summed E-state index contributed by atoms with van der Waals surface area (Å²) in [5, 5.41) is 19.5. The molecule has 7 heteroatoms. The number of carbonyl (C=O) groups is 1. The Morgan fingerprint density at radius 3 is 2.46 bits per heavy atom. The molecule has 0 atom stereocenters. The van der Waals surface area contributed by atoms with Crippen molar-refractivity contribution in [2.45, 2.75) is 6.92 Å². The number of rotatable bonds is 6. The van der Waals surface area contributed by atoms with E-state index in [-0.39, 0.29) is 18.2 Å². The maximum atomic E-state index is 12.3. The van der Waals surface area contributed by atoms with Crippen LogP contribution in [0.25, 0.3) is 44.2 Å². The summed E-state index contributed by atoms with van der Waals surface area (Å²) < 4.78 is 5.63. The van der Waals surface area contributed by atoms with Gasteiger partial charge in [-0.15, -0.1) is 10.2 Å². The Bertz CT molecular complexity index is 1840. The predicted molar refractivity (Wildman–Crippen MR) is 152 cm³/mol.